The maximum Gasteiger partial charge on any atom is 0.239 e. The van der Waals surface area contributed by atoms with Crippen LogP contribution in [0, 0.1) is 6.92 Å². The van der Waals surface area contributed by atoms with Crippen molar-refractivity contribution in [3.8, 4) is 0 Å². The summed E-state index contributed by atoms with van der Waals surface area (Å²) in [6.07, 6.45) is 4.13. The number of nitrogens with zero attached hydrogens (tertiary/aromatic N) is 1. The minimum atomic E-state index is 0.0422. The summed E-state index contributed by atoms with van der Waals surface area (Å²) in [5.74, 6) is 0.290. The number of hydrogen-bond donors (Lipinski definition) is 1. The molecule has 3 nitrogen and oxygen atoms in total. The third kappa shape index (κ3) is 3.83. The summed E-state index contributed by atoms with van der Waals surface area (Å²) >= 11 is 0. The molecule has 3 heteroatoms. The fourth-order valence-corrected chi connectivity index (χ4v) is 2.82. The number of nitrogens with one attached hydrogen (secondary N) is 1. The van der Waals surface area contributed by atoms with Gasteiger partial charge in [-0.1, -0.05) is 31.2 Å². The first-order chi connectivity index (χ1) is 9.72. The van der Waals surface area contributed by atoms with Crippen LogP contribution in [0.15, 0.2) is 24.3 Å². The van der Waals surface area contributed by atoms with Crippen LogP contribution < -0.4 is 5.32 Å². The lowest BCUT2D eigenvalue weighted by Gasteiger charge is -2.33. The van der Waals surface area contributed by atoms with Gasteiger partial charge < -0.3 is 10.2 Å². The van der Waals surface area contributed by atoms with Gasteiger partial charge in [-0.3, -0.25) is 4.79 Å². The number of hydrogen-bond acceptors (Lipinski definition) is 2. The predicted molar refractivity (Wildman–Crippen MR) is 82.8 cm³/mol. The van der Waals surface area contributed by atoms with Gasteiger partial charge in [-0.2, -0.15) is 0 Å². The highest BCUT2D eigenvalue weighted by Gasteiger charge is 2.27. The van der Waals surface area contributed by atoms with E-state index >= 15 is 0 Å². The van der Waals surface area contributed by atoms with Crippen molar-refractivity contribution in [2.45, 2.75) is 45.6 Å². The lowest BCUT2D eigenvalue weighted by Crippen LogP contribution is -2.51. The molecule has 1 N–H and O–H groups in total. The number of likely N-dealkylation sites (tertiary alicyclic amines) is 1. The Morgan fingerprint density at radius 1 is 1.35 bits per heavy atom. The van der Waals surface area contributed by atoms with Crippen molar-refractivity contribution in [1.82, 2.24) is 10.2 Å². The zero-order chi connectivity index (χ0) is 14.4. The lowest BCUT2D eigenvalue weighted by atomic mass is 10.0. The molecular formula is C17H26N2O. The van der Waals surface area contributed by atoms with Crippen molar-refractivity contribution < 1.29 is 4.79 Å². The highest BCUT2D eigenvalue weighted by atomic mass is 16.2. The van der Waals surface area contributed by atoms with Crippen molar-refractivity contribution in [2.24, 2.45) is 0 Å². The number of piperidine rings is 1. The largest absolute Gasteiger partial charge is 0.341 e. The Kier molecular flexibility index (Phi) is 5.60. The summed E-state index contributed by atoms with van der Waals surface area (Å²) in [5.41, 5.74) is 2.67. The fourth-order valence-electron chi connectivity index (χ4n) is 2.82. The number of benzene rings is 1. The number of carbonyl (C=O) groups is 1. The molecule has 1 aliphatic rings. The van der Waals surface area contributed by atoms with E-state index < -0.39 is 0 Å². The first kappa shape index (κ1) is 15.0. The van der Waals surface area contributed by atoms with E-state index in [0.717, 1.165) is 45.3 Å². The molecule has 1 aromatic rings. The van der Waals surface area contributed by atoms with Gasteiger partial charge in [-0.25, -0.2) is 0 Å². The smallest absolute Gasteiger partial charge is 0.239 e. The second-order valence-electron chi connectivity index (χ2n) is 5.65. The van der Waals surface area contributed by atoms with Gasteiger partial charge in [0.2, 0.25) is 5.91 Å². The maximum absolute atomic E-state index is 12.4. The first-order valence-corrected chi connectivity index (χ1v) is 7.79. The second kappa shape index (κ2) is 7.44. The zero-order valence-electron chi connectivity index (χ0n) is 12.7. The average molecular weight is 274 g/mol. The Morgan fingerprint density at radius 3 is 2.90 bits per heavy atom. The molecule has 1 heterocycles. The highest BCUT2D eigenvalue weighted by Crippen LogP contribution is 2.14. The van der Waals surface area contributed by atoms with Crippen molar-refractivity contribution in [2.75, 3.05) is 19.6 Å². The predicted octanol–water partition coefficient (Wildman–Crippen LogP) is 2.53. The van der Waals surface area contributed by atoms with Crippen LogP contribution in [0.25, 0.3) is 0 Å². The van der Waals surface area contributed by atoms with Crippen LogP contribution in [0.2, 0.25) is 0 Å². The van der Waals surface area contributed by atoms with Crippen molar-refractivity contribution in [1.29, 1.82) is 0 Å². The van der Waals surface area contributed by atoms with E-state index in [0.29, 0.717) is 5.91 Å². The molecule has 1 aromatic carbocycles. The molecule has 1 amide bonds. The van der Waals surface area contributed by atoms with Gasteiger partial charge in [0.15, 0.2) is 0 Å². The third-order valence-electron chi connectivity index (χ3n) is 4.08. The van der Waals surface area contributed by atoms with Crippen molar-refractivity contribution in [3.63, 3.8) is 0 Å². The molecule has 0 aliphatic carbocycles. The minimum Gasteiger partial charge on any atom is -0.341 e. The Labute approximate surface area is 122 Å². The van der Waals surface area contributed by atoms with Crippen LogP contribution in [0.1, 0.15) is 37.3 Å². The standard InChI is InChI=1S/C17H26N2O/c1-3-11-18-16-9-6-12-19(17(16)20)13-10-15-8-5-4-7-14(15)2/h4-5,7-8,16,18H,3,6,9-13H2,1-2H3. The van der Waals surface area contributed by atoms with Crippen molar-refractivity contribution in [3.05, 3.63) is 35.4 Å². The van der Waals surface area contributed by atoms with Crippen molar-refractivity contribution >= 4 is 5.91 Å². The first-order valence-electron chi connectivity index (χ1n) is 7.79. The number of amides is 1. The number of carbonyl (C=O) groups excluding carboxylic acids is 1. The third-order valence-corrected chi connectivity index (χ3v) is 4.08. The Bertz CT molecular complexity index is 444. The molecule has 0 aromatic heterocycles. The summed E-state index contributed by atoms with van der Waals surface area (Å²) in [5, 5.41) is 3.37. The molecule has 0 radical (unpaired) electrons. The molecule has 2 rings (SSSR count). The Hall–Kier alpha value is -1.35. The van der Waals surface area contributed by atoms with Gasteiger partial charge >= 0.3 is 0 Å². The van der Waals surface area contributed by atoms with E-state index in [4.69, 9.17) is 0 Å². The van der Waals surface area contributed by atoms with Gasteiger partial charge in [0.25, 0.3) is 0 Å². The van der Waals surface area contributed by atoms with Gasteiger partial charge in [0.1, 0.15) is 0 Å². The molecule has 1 atom stereocenters. The number of aryl methyl sites for hydroxylation is 1. The summed E-state index contributed by atoms with van der Waals surface area (Å²) in [4.78, 5) is 14.4. The Balaban J connectivity index is 1.89. The van der Waals surface area contributed by atoms with E-state index in [2.05, 4.69) is 43.4 Å². The molecule has 1 fully saturated rings. The lowest BCUT2D eigenvalue weighted by molar-refractivity contribution is -0.135. The summed E-state index contributed by atoms with van der Waals surface area (Å²) in [6, 6.07) is 8.48. The molecule has 110 valence electrons. The van der Waals surface area contributed by atoms with Crippen LogP contribution in [0.5, 0.6) is 0 Å². The van der Waals surface area contributed by atoms with Crippen LogP contribution in [0.3, 0.4) is 0 Å². The molecular weight excluding hydrogens is 248 g/mol. The van der Waals surface area contributed by atoms with E-state index in [9.17, 15) is 4.79 Å². The zero-order valence-corrected chi connectivity index (χ0v) is 12.7. The highest BCUT2D eigenvalue weighted by molar-refractivity contribution is 5.82. The Morgan fingerprint density at radius 2 is 2.15 bits per heavy atom. The van der Waals surface area contributed by atoms with Crippen LogP contribution >= 0.6 is 0 Å². The van der Waals surface area contributed by atoms with Crippen LogP contribution in [-0.4, -0.2) is 36.5 Å². The summed E-state index contributed by atoms with van der Waals surface area (Å²) < 4.78 is 0. The molecule has 1 aliphatic heterocycles. The maximum atomic E-state index is 12.4. The molecule has 0 saturated carbocycles. The average Bonchev–Trinajstić information content (AvgIpc) is 2.46. The summed E-state index contributed by atoms with van der Waals surface area (Å²) in [7, 11) is 0. The monoisotopic (exact) mass is 274 g/mol. The van der Waals surface area contributed by atoms with Gasteiger partial charge in [0.05, 0.1) is 6.04 Å². The van der Waals surface area contributed by atoms with Crippen LogP contribution in [0.4, 0.5) is 0 Å². The molecule has 0 bridgehead atoms. The van der Waals surface area contributed by atoms with Gasteiger partial charge in [0, 0.05) is 13.1 Å². The molecule has 0 spiro atoms. The minimum absolute atomic E-state index is 0.0422. The normalized spacial score (nSPS) is 19.4. The van der Waals surface area contributed by atoms with E-state index in [1.807, 2.05) is 4.90 Å². The SMILES string of the molecule is CCCNC1CCCN(CCc2ccccc2C)C1=O. The van der Waals surface area contributed by atoms with E-state index in [-0.39, 0.29) is 6.04 Å². The molecule has 20 heavy (non-hydrogen) atoms. The molecule has 1 unspecified atom stereocenters. The quantitative estimate of drug-likeness (QED) is 0.864. The number of rotatable bonds is 6. The topological polar surface area (TPSA) is 32.3 Å². The fraction of sp³-hybridized carbons (Fsp3) is 0.588. The van der Waals surface area contributed by atoms with Crippen LogP contribution in [-0.2, 0) is 11.2 Å². The van der Waals surface area contributed by atoms with Gasteiger partial charge in [-0.05, 0) is 50.3 Å². The summed E-state index contributed by atoms with van der Waals surface area (Å²) in [6.45, 7) is 6.96. The van der Waals surface area contributed by atoms with Gasteiger partial charge in [-0.15, -0.1) is 0 Å². The van der Waals surface area contributed by atoms with E-state index in [1.165, 1.54) is 11.1 Å². The second-order valence-corrected chi connectivity index (χ2v) is 5.65. The molecule has 1 saturated heterocycles. The van der Waals surface area contributed by atoms with E-state index in [1.54, 1.807) is 0 Å².